The van der Waals surface area contributed by atoms with E-state index in [1.807, 2.05) is 12.3 Å². The lowest BCUT2D eigenvalue weighted by molar-refractivity contribution is -0.126. The molecule has 3 atom stereocenters. The van der Waals surface area contributed by atoms with Crippen molar-refractivity contribution in [3.8, 4) is 0 Å². The number of aryl methyl sites for hydroxylation is 1. The van der Waals surface area contributed by atoms with Gasteiger partial charge < -0.3 is 10.1 Å². The van der Waals surface area contributed by atoms with Crippen LogP contribution in [0.2, 0.25) is 0 Å². The monoisotopic (exact) mass is 253 g/mol. The fourth-order valence-corrected chi connectivity index (χ4v) is 3.10. The van der Waals surface area contributed by atoms with E-state index in [1.54, 1.807) is 0 Å². The minimum atomic E-state index is -0.331. The van der Waals surface area contributed by atoms with E-state index in [1.165, 1.54) is 11.3 Å². The van der Waals surface area contributed by atoms with Gasteiger partial charge in [0.1, 0.15) is 6.10 Å². The number of anilines is 1. The highest BCUT2D eigenvalue weighted by Crippen LogP contribution is 2.27. The second-order valence-corrected chi connectivity index (χ2v) is 5.39. The van der Waals surface area contributed by atoms with Crippen molar-refractivity contribution in [2.24, 2.45) is 0 Å². The van der Waals surface area contributed by atoms with E-state index in [9.17, 15) is 4.79 Å². The van der Waals surface area contributed by atoms with Crippen molar-refractivity contribution in [3.05, 3.63) is 11.1 Å². The van der Waals surface area contributed by atoms with Gasteiger partial charge in [-0.1, -0.05) is 0 Å². The highest BCUT2D eigenvalue weighted by atomic mass is 32.1. The minimum Gasteiger partial charge on any atom is -0.363 e. The number of nitrogens with one attached hydrogen (secondary N) is 2. The zero-order valence-electron chi connectivity index (χ0n) is 9.60. The molecule has 2 fully saturated rings. The van der Waals surface area contributed by atoms with Crippen LogP contribution in [0, 0.1) is 6.92 Å². The lowest BCUT2D eigenvalue weighted by Gasteiger charge is -2.10. The van der Waals surface area contributed by atoms with Gasteiger partial charge in [-0.3, -0.25) is 10.1 Å². The number of aromatic nitrogens is 1. The molecule has 5 nitrogen and oxygen atoms in total. The van der Waals surface area contributed by atoms with Gasteiger partial charge in [-0.2, -0.15) is 0 Å². The van der Waals surface area contributed by atoms with E-state index >= 15 is 0 Å². The zero-order valence-corrected chi connectivity index (χ0v) is 10.4. The summed E-state index contributed by atoms with van der Waals surface area (Å²) in [7, 11) is 0. The van der Waals surface area contributed by atoms with Crippen molar-refractivity contribution in [1.29, 1.82) is 0 Å². The summed E-state index contributed by atoms with van der Waals surface area (Å²) in [6, 6.07) is 0.351. The number of amides is 1. The van der Waals surface area contributed by atoms with Crippen LogP contribution < -0.4 is 10.6 Å². The first kappa shape index (κ1) is 11.1. The minimum absolute atomic E-state index is 0.0736. The average Bonchev–Trinajstić information content (AvgIpc) is 2.92. The van der Waals surface area contributed by atoms with Crippen molar-refractivity contribution >= 4 is 22.4 Å². The van der Waals surface area contributed by atoms with E-state index in [-0.39, 0.29) is 18.1 Å². The number of carbonyl (C=O) groups excluding carboxylic acids is 1. The molecule has 0 radical (unpaired) electrons. The largest absolute Gasteiger partial charge is 0.363 e. The van der Waals surface area contributed by atoms with Crippen LogP contribution in [0.4, 0.5) is 5.13 Å². The molecule has 0 aliphatic carbocycles. The van der Waals surface area contributed by atoms with E-state index in [2.05, 4.69) is 15.6 Å². The van der Waals surface area contributed by atoms with Crippen molar-refractivity contribution in [2.45, 2.75) is 38.0 Å². The average molecular weight is 253 g/mol. The summed E-state index contributed by atoms with van der Waals surface area (Å²) in [5, 5.41) is 8.73. The first-order valence-corrected chi connectivity index (χ1v) is 6.72. The third kappa shape index (κ3) is 2.20. The Morgan fingerprint density at radius 3 is 3.29 bits per heavy atom. The molecule has 92 valence electrons. The third-order valence-corrected chi connectivity index (χ3v) is 4.11. The van der Waals surface area contributed by atoms with Crippen LogP contribution in [0.15, 0.2) is 5.38 Å². The molecule has 3 rings (SSSR count). The van der Waals surface area contributed by atoms with Crippen LogP contribution in [0.25, 0.3) is 0 Å². The molecule has 6 heteroatoms. The summed E-state index contributed by atoms with van der Waals surface area (Å²) < 4.78 is 5.73. The molecule has 1 aromatic rings. The van der Waals surface area contributed by atoms with E-state index < -0.39 is 0 Å². The Hall–Kier alpha value is -0.980. The maximum atomic E-state index is 12.0. The van der Waals surface area contributed by atoms with Crippen LogP contribution in [-0.2, 0) is 9.53 Å². The Balaban J connectivity index is 1.60. The SMILES string of the molecule is Cc1csc(NC(=O)[C@H]2C[C@H]3NCC[C@H]3O2)n1. The zero-order chi connectivity index (χ0) is 11.8. The van der Waals surface area contributed by atoms with Gasteiger partial charge in [0.25, 0.3) is 5.91 Å². The molecular formula is C11H15N3O2S. The van der Waals surface area contributed by atoms with E-state index in [0.717, 1.165) is 25.1 Å². The number of hydrogen-bond acceptors (Lipinski definition) is 5. The molecule has 0 unspecified atom stereocenters. The molecule has 2 aliphatic heterocycles. The molecule has 0 bridgehead atoms. The van der Waals surface area contributed by atoms with Gasteiger partial charge in [-0.25, -0.2) is 4.98 Å². The van der Waals surface area contributed by atoms with E-state index in [4.69, 9.17) is 4.74 Å². The number of thiazole rings is 1. The predicted octanol–water partition coefficient (Wildman–Crippen LogP) is 0.909. The Kier molecular flexibility index (Phi) is 2.85. The normalized spacial score (nSPS) is 31.5. The highest BCUT2D eigenvalue weighted by Gasteiger charge is 2.41. The summed E-state index contributed by atoms with van der Waals surface area (Å²) >= 11 is 1.44. The first-order valence-electron chi connectivity index (χ1n) is 5.84. The number of rotatable bonds is 2. The fourth-order valence-electron chi connectivity index (χ4n) is 2.40. The van der Waals surface area contributed by atoms with Crippen molar-refractivity contribution in [2.75, 3.05) is 11.9 Å². The van der Waals surface area contributed by atoms with Crippen LogP contribution in [0.1, 0.15) is 18.5 Å². The number of hydrogen-bond donors (Lipinski definition) is 2. The van der Waals surface area contributed by atoms with Gasteiger partial charge in [0.05, 0.1) is 11.8 Å². The molecule has 2 saturated heterocycles. The Bertz CT molecular complexity index is 422. The van der Waals surface area contributed by atoms with Crippen molar-refractivity contribution < 1.29 is 9.53 Å². The van der Waals surface area contributed by atoms with Crippen molar-refractivity contribution in [1.82, 2.24) is 10.3 Å². The molecule has 0 saturated carbocycles. The van der Waals surface area contributed by atoms with Crippen LogP contribution in [-0.4, -0.2) is 35.7 Å². The van der Waals surface area contributed by atoms with Gasteiger partial charge in [0.2, 0.25) is 0 Å². The van der Waals surface area contributed by atoms with Crippen molar-refractivity contribution in [3.63, 3.8) is 0 Å². The molecular weight excluding hydrogens is 238 g/mol. The number of carbonyl (C=O) groups is 1. The molecule has 2 aliphatic rings. The smallest absolute Gasteiger partial charge is 0.255 e. The number of fused-ring (bicyclic) bond motifs is 1. The Labute approximate surface area is 104 Å². The van der Waals surface area contributed by atoms with Gasteiger partial charge in [0.15, 0.2) is 5.13 Å². The second-order valence-electron chi connectivity index (χ2n) is 4.53. The quantitative estimate of drug-likeness (QED) is 0.822. The molecule has 3 heterocycles. The summed E-state index contributed by atoms with van der Waals surface area (Å²) in [6.45, 7) is 2.90. The molecule has 17 heavy (non-hydrogen) atoms. The summed E-state index contributed by atoms with van der Waals surface area (Å²) in [5.41, 5.74) is 0.927. The molecule has 2 N–H and O–H groups in total. The number of ether oxygens (including phenoxy) is 1. The van der Waals surface area contributed by atoms with Crippen LogP contribution in [0.5, 0.6) is 0 Å². The number of nitrogens with zero attached hydrogens (tertiary/aromatic N) is 1. The van der Waals surface area contributed by atoms with Crippen LogP contribution in [0.3, 0.4) is 0 Å². The van der Waals surface area contributed by atoms with Crippen LogP contribution >= 0.6 is 11.3 Å². The van der Waals surface area contributed by atoms with Gasteiger partial charge in [0, 0.05) is 17.8 Å². The maximum Gasteiger partial charge on any atom is 0.255 e. The molecule has 1 aromatic heterocycles. The maximum absolute atomic E-state index is 12.0. The topological polar surface area (TPSA) is 63.2 Å². The van der Waals surface area contributed by atoms with E-state index in [0.29, 0.717) is 11.2 Å². The lowest BCUT2D eigenvalue weighted by Crippen LogP contribution is -2.29. The predicted molar refractivity (Wildman–Crippen MR) is 65.2 cm³/mol. The highest BCUT2D eigenvalue weighted by molar-refractivity contribution is 7.13. The molecule has 0 spiro atoms. The third-order valence-electron chi connectivity index (χ3n) is 3.23. The molecule has 0 aromatic carbocycles. The van der Waals surface area contributed by atoms with Gasteiger partial charge in [-0.15, -0.1) is 11.3 Å². The lowest BCUT2D eigenvalue weighted by atomic mass is 10.1. The summed E-state index contributed by atoms with van der Waals surface area (Å²) in [5.74, 6) is -0.0736. The molecule has 1 amide bonds. The summed E-state index contributed by atoms with van der Waals surface area (Å²) in [6.07, 6.45) is 1.65. The summed E-state index contributed by atoms with van der Waals surface area (Å²) in [4.78, 5) is 16.2. The second kappa shape index (κ2) is 4.36. The fraction of sp³-hybridized carbons (Fsp3) is 0.636. The Morgan fingerprint density at radius 2 is 2.59 bits per heavy atom. The van der Waals surface area contributed by atoms with Gasteiger partial charge >= 0.3 is 0 Å². The first-order chi connectivity index (χ1) is 8.22. The standard InChI is InChI=1S/C11H15N3O2S/c1-6-5-17-11(13-6)14-10(15)9-4-7-8(16-9)2-3-12-7/h5,7-9,12H,2-4H2,1H3,(H,13,14,15)/t7-,8-,9-/m1/s1. The Morgan fingerprint density at radius 1 is 1.71 bits per heavy atom. The van der Waals surface area contributed by atoms with Gasteiger partial charge in [-0.05, 0) is 19.9 Å².